The molecule has 0 N–H and O–H groups in total. The van der Waals surface area contributed by atoms with E-state index in [-0.39, 0.29) is 0 Å². The Balaban J connectivity index is 2.56. The zero-order valence-corrected chi connectivity index (χ0v) is 8.47. The fourth-order valence-corrected chi connectivity index (χ4v) is 1.20. The lowest BCUT2D eigenvalue weighted by atomic mass is 9.97. The fourth-order valence-electron chi connectivity index (χ4n) is 0.961. The third-order valence-electron chi connectivity index (χ3n) is 1.71. The lowest BCUT2D eigenvalue weighted by Crippen LogP contribution is -2.03. The molecule has 1 aromatic carbocycles. The van der Waals surface area contributed by atoms with E-state index in [2.05, 4.69) is 6.92 Å². The van der Waals surface area contributed by atoms with Gasteiger partial charge in [0.1, 0.15) is 13.6 Å². The summed E-state index contributed by atoms with van der Waals surface area (Å²) in [5.74, 6) is 0.712. The molecule has 0 atom stereocenters. The second-order valence-corrected chi connectivity index (χ2v) is 3.30. The third kappa shape index (κ3) is 3.31. The maximum Gasteiger partial charge on any atom is 0.137 e. The van der Waals surface area contributed by atoms with Crippen LogP contribution in [0.25, 0.3) is 0 Å². The Kier molecular flexibility index (Phi) is 4.17. The van der Waals surface area contributed by atoms with Crippen LogP contribution in [0, 0.1) is 0 Å². The van der Waals surface area contributed by atoms with Crippen LogP contribution in [-0.4, -0.2) is 14.5 Å². The Bertz CT molecular complexity index is 276. The van der Waals surface area contributed by atoms with Crippen molar-refractivity contribution in [3.63, 3.8) is 0 Å². The van der Waals surface area contributed by atoms with Gasteiger partial charge in [0.15, 0.2) is 0 Å². The van der Waals surface area contributed by atoms with Crippen molar-refractivity contribution >= 4 is 24.9 Å². The maximum absolute atomic E-state index is 5.90. The SMILES string of the molecule is [B]c1ccc(OCCCC)c(Cl)c1. The van der Waals surface area contributed by atoms with Crippen LogP contribution in [-0.2, 0) is 0 Å². The highest BCUT2D eigenvalue weighted by Crippen LogP contribution is 2.22. The smallest absolute Gasteiger partial charge is 0.137 e. The summed E-state index contributed by atoms with van der Waals surface area (Å²) in [6.45, 7) is 2.83. The molecule has 1 aromatic rings. The molecule has 0 aliphatic heterocycles. The van der Waals surface area contributed by atoms with Crippen molar-refractivity contribution in [2.24, 2.45) is 0 Å². The topological polar surface area (TPSA) is 9.23 Å². The van der Waals surface area contributed by atoms with Crippen LogP contribution in [0.1, 0.15) is 19.8 Å². The van der Waals surface area contributed by atoms with Crippen molar-refractivity contribution in [1.82, 2.24) is 0 Å². The fraction of sp³-hybridized carbons (Fsp3) is 0.400. The molecule has 0 saturated carbocycles. The van der Waals surface area contributed by atoms with E-state index in [1.165, 1.54) is 0 Å². The molecule has 0 saturated heterocycles. The van der Waals surface area contributed by atoms with E-state index < -0.39 is 0 Å². The number of hydrogen-bond donors (Lipinski definition) is 0. The van der Waals surface area contributed by atoms with Gasteiger partial charge in [-0.25, -0.2) is 0 Å². The summed E-state index contributed by atoms with van der Waals surface area (Å²) in [5.41, 5.74) is 0.660. The summed E-state index contributed by atoms with van der Waals surface area (Å²) in [7, 11) is 5.54. The molecule has 0 amide bonds. The molecule has 1 nitrogen and oxygen atoms in total. The molecule has 0 aliphatic rings. The first kappa shape index (κ1) is 10.5. The standard InChI is InChI=1S/C10H12BClO/c1-2-3-6-13-10-5-4-8(11)7-9(10)12/h4-5,7H,2-3,6H2,1H3. The van der Waals surface area contributed by atoms with Gasteiger partial charge in [-0.05, 0) is 18.6 Å². The highest BCUT2D eigenvalue weighted by Gasteiger charge is 1.99. The molecule has 13 heavy (non-hydrogen) atoms. The summed E-state index contributed by atoms with van der Waals surface area (Å²) < 4.78 is 5.44. The lowest BCUT2D eigenvalue weighted by molar-refractivity contribution is 0.309. The average molecular weight is 194 g/mol. The number of ether oxygens (including phenoxy) is 1. The van der Waals surface area contributed by atoms with Crippen molar-refractivity contribution in [2.75, 3.05) is 6.61 Å². The Morgan fingerprint density at radius 1 is 1.46 bits per heavy atom. The lowest BCUT2D eigenvalue weighted by Gasteiger charge is -2.07. The van der Waals surface area contributed by atoms with Gasteiger partial charge >= 0.3 is 0 Å². The van der Waals surface area contributed by atoms with Crippen LogP contribution in [0.2, 0.25) is 5.02 Å². The minimum atomic E-state index is 0.580. The van der Waals surface area contributed by atoms with Gasteiger partial charge in [-0.15, -0.1) is 0 Å². The third-order valence-corrected chi connectivity index (χ3v) is 2.01. The molecule has 68 valence electrons. The van der Waals surface area contributed by atoms with Gasteiger partial charge < -0.3 is 4.74 Å². The first-order valence-corrected chi connectivity index (χ1v) is 4.79. The quantitative estimate of drug-likeness (QED) is 0.528. The zero-order valence-electron chi connectivity index (χ0n) is 7.72. The van der Waals surface area contributed by atoms with Crippen LogP contribution in [0.15, 0.2) is 18.2 Å². The Morgan fingerprint density at radius 3 is 2.85 bits per heavy atom. The van der Waals surface area contributed by atoms with E-state index >= 15 is 0 Å². The van der Waals surface area contributed by atoms with Crippen LogP contribution >= 0.6 is 11.6 Å². The van der Waals surface area contributed by atoms with E-state index in [1.54, 1.807) is 18.2 Å². The Labute approximate surface area is 85.5 Å². The molecule has 0 aliphatic carbocycles. The van der Waals surface area contributed by atoms with Gasteiger partial charge in [-0.3, -0.25) is 0 Å². The molecular weight excluding hydrogens is 182 g/mol. The van der Waals surface area contributed by atoms with Crippen molar-refractivity contribution < 1.29 is 4.74 Å². The molecule has 0 spiro atoms. The van der Waals surface area contributed by atoms with Gasteiger partial charge in [0.2, 0.25) is 0 Å². The Hall–Kier alpha value is -0.625. The van der Waals surface area contributed by atoms with E-state index in [1.807, 2.05) is 0 Å². The normalized spacial score (nSPS) is 10.0. The molecule has 3 heteroatoms. The molecular formula is C10H12BClO. The Morgan fingerprint density at radius 2 is 2.23 bits per heavy atom. The summed E-state index contributed by atoms with van der Waals surface area (Å²) in [5, 5.41) is 0.580. The summed E-state index contributed by atoms with van der Waals surface area (Å²) in [6.07, 6.45) is 2.16. The maximum atomic E-state index is 5.90. The van der Waals surface area contributed by atoms with Gasteiger partial charge in [-0.2, -0.15) is 0 Å². The minimum Gasteiger partial charge on any atom is -0.492 e. The van der Waals surface area contributed by atoms with E-state index in [9.17, 15) is 0 Å². The number of unbranched alkanes of at least 4 members (excludes halogenated alkanes) is 1. The largest absolute Gasteiger partial charge is 0.492 e. The number of rotatable bonds is 4. The van der Waals surface area contributed by atoms with E-state index in [4.69, 9.17) is 24.2 Å². The van der Waals surface area contributed by atoms with Crippen LogP contribution in [0.4, 0.5) is 0 Å². The predicted octanol–water partition coefficient (Wildman–Crippen LogP) is 2.31. The summed E-state index contributed by atoms with van der Waals surface area (Å²) >= 11 is 5.90. The van der Waals surface area contributed by atoms with Crippen molar-refractivity contribution in [1.29, 1.82) is 0 Å². The second kappa shape index (κ2) is 5.18. The van der Waals surface area contributed by atoms with Gasteiger partial charge in [0, 0.05) is 0 Å². The first-order chi connectivity index (χ1) is 6.24. The molecule has 0 aromatic heterocycles. The molecule has 2 radical (unpaired) electrons. The van der Waals surface area contributed by atoms with Crippen LogP contribution in [0.3, 0.4) is 0 Å². The van der Waals surface area contributed by atoms with E-state index in [0.717, 1.165) is 12.8 Å². The molecule has 0 bridgehead atoms. The predicted molar refractivity (Wildman–Crippen MR) is 57.2 cm³/mol. The molecule has 0 unspecified atom stereocenters. The minimum absolute atomic E-state index is 0.580. The second-order valence-electron chi connectivity index (χ2n) is 2.89. The highest BCUT2D eigenvalue weighted by atomic mass is 35.5. The van der Waals surface area contributed by atoms with Gasteiger partial charge in [0.05, 0.1) is 11.6 Å². The average Bonchev–Trinajstić information content (AvgIpc) is 2.09. The molecule has 0 fully saturated rings. The zero-order chi connectivity index (χ0) is 9.68. The highest BCUT2D eigenvalue weighted by molar-refractivity contribution is 6.37. The molecule has 0 heterocycles. The van der Waals surface area contributed by atoms with E-state index in [0.29, 0.717) is 22.8 Å². The number of benzene rings is 1. The van der Waals surface area contributed by atoms with Crippen molar-refractivity contribution in [3.8, 4) is 5.75 Å². The first-order valence-electron chi connectivity index (χ1n) is 4.42. The van der Waals surface area contributed by atoms with Crippen LogP contribution in [0.5, 0.6) is 5.75 Å². The van der Waals surface area contributed by atoms with Gasteiger partial charge in [0.25, 0.3) is 0 Å². The number of halogens is 1. The van der Waals surface area contributed by atoms with Crippen molar-refractivity contribution in [2.45, 2.75) is 19.8 Å². The van der Waals surface area contributed by atoms with Crippen LogP contribution < -0.4 is 10.2 Å². The summed E-state index contributed by atoms with van der Waals surface area (Å²) in [4.78, 5) is 0. The molecule has 1 rings (SSSR count). The monoisotopic (exact) mass is 194 g/mol. The van der Waals surface area contributed by atoms with Gasteiger partial charge in [-0.1, -0.05) is 36.5 Å². The summed E-state index contributed by atoms with van der Waals surface area (Å²) in [6, 6.07) is 5.28. The number of hydrogen-bond acceptors (Lipinski definition) is 1. The van der Waals surface area contributed by atoms with Crippen molar-refractivity contribution in [3.05, 3.63) is 23.2 Å².